The van der Waals surface area contributed by atoms with E-state index in [0.717, 1.165) is 33.6 Å². The molecule has 0 amide bonds. The number of para-hydroxylation sites is 2. The van der Waals surface area contributed by atoms with Gasteiger partial charge in [-0.05, 0) is 52.7 Å². The van der Waals surface area contributed by atoms with E-state index in [1.54, 1.807) is 12.1 Å². The van der Waals surface area contributed by atoms with Crippen molar-refractivity contribution in [1.29, 1.82) is 0 Å². The molecule has 1 heterocycles. The third-order valence-electron chi connectivity index (χ3n) is 5.08. The monoisotopic (exact) mass is 382 g/mol. The van der Waals surface area contributed by atoms with Gasteiger partial charge in [0.1, 0.15) is 24.0 Å². The second-order valence-corrected chi connectivity index (χ2v) is 7.03. The van der Waals surface area contributed by atoms with Crippen molar-refractivity contribution in [1.82, 2.24) is 9.55 Å². The Morgan fingerprint density at radius 1 is 0.793 bits per heavy atom. The largest absolute Gasteiger partial charge is 0.486 e. The lowest BCUT2D eigenvalue weighted by Gasteiger charge is -2.11. The van der Waals surface area contributed by atoms with Crippen LogP contribution in [0, 0.1) is 5.82 Å². The Bertz CT molecular complexity index is 1290. The lowest BCUT2D eigenvalue weighted by molar-refractivity contribution is 0.291. The quantitative estimate of drug-likeness (QED) is 0.375. The first-order chi connectivity index (χ1) is 14.3. The molecule has 0 fully saturated rings. The zero-order valence-corrected chi connectivity index (χ0v) is 15.8. The first kappa shape index (κ1) is 17.4. The van der Waals surface area contributed by atoms with E-state index in [1.165, 1.54) is 17.5 Å². The lowest BCUT2D eigenvalue weighted by atomic mass is 10.1. The van der Waals surface area contributed by atoms with Crippen LogP contribution in [0.3, 0.4) is 0 Å². The Hall–Kier alpha value is -3.66. The van der Waals surface area contributed by atoms with Crippen LogP contribution < -0.4 is 4.74 Å². The predicted octanol–water partition coefficient (Wildman–Crippen LogP) is 5.96. The third kappa shape index (κ3) is 3.57. The Labute approximate surface area is 168 Å². The van der Waals surface area contributed by atoms with E-state index in [4.69, 9.17) is 9.72 Å². The fourth-order valence-electron chi connectivity index (χ4n) is 3.59. The molecule has 0 N–H and O–H groups in total. The first-order valence-electron chi connectivity index (χ1n) is 9.56. The van der Waals surface area contributed by atoms with Crippen LogP contribution in [0.25, 0.3) is 21.8 Å². The second kappa shape index (κ2) is 7.40. The van der Waals surface area contributed by atoms with Gasteiger partial charge >= 0.3 is 0 Å². The minimum absolute atomic E-state index is 0.232. The fourth-order valence-corrected chi connectivity index (χ4v) is 3.59. The molecular weight excluding hydrogens is 363 g/mol. The van der Waals surface area contributed by atoms with Crippen molar-refractivity contribution in [2.45, 2.75) is 13.2 Å². The number of fused-ring (bicyclic) bond motifs is 2. The molecule has 0 aliphatic carbocycles. The normalized spacial score (nSPS) is 11.2. The van der Waals surface area contributed by atoms with E-state index >= 15 is 0 Å². The molecule has 0 radical (unpaired) electrons. The Morgan fingerprint density at radius 2 is 1.55 bits per heavy atom. The van der Waals surface area contributed by atoms with Crippen molar-refractivity contribution in [3.63, 3.8) is 0 Å². The topological polar surface area (TPSA) is 27.1 Å². The van der Waals surface area contributed by atoms with Crippen molar-refractivity contribution < 1.29 is 9.13 Å². The summed E-state index contributed by atoms with van der Waals surface area (Å²) in [5, 5.41) is 2.33. The van der Waals surface area contributed by atoms with Crippen molar-refractivity contribution in [2.75, 3.05) is 0 Å². The van der Waals surface area contributed by atoms with Gasteiger partial charge in [-0.2, -0.15) is 0 Å². The number of hydrogen-bond donors (Lipinski definition) is 0. The molecule has 1 aromatic heterocycles. The van der Waals surface area contributed by atoms with E-state index in [-0.39, 0.29) is 5.82 Å². The molecule has 0 aliphatic rings. The summed E-state index contributed by atoms with van der Waals surface area (Å²) in [4.78, 5) is 4.77. The highest BCUT2D eigenvalue weighted by Gasteiger charge is 2.12. The summed E-state index contributed by atoms with van der Waals surface area (Å²) in [6.45, 7) is 0.964. The number of halogens is 1. The maximum absolute atomic E-state index is 13.3. The van der Waals surface area contributed by atoms with Crippen molar-refractivity contribution in [3.8, 4) is 5.75 Å². The number of benzene rings is 4. The highest BCUT2D eigenvalue weighted by Crippen LogP contribution is 2.23. The zero-order valence-electron chi connectivity index (χ0n) is 15.8. The summed E-state index contributed by atoms with van der Waals surface area (Å²) in [6, 6.07) is 28.9. The predicted molar refractivity (Wildman–Crippen MR) is 114 cm³/mol. The van der Waals surface area contributed by atoms with Crippen LogP contribution >= 0.6 is 0 Å². The van der Waals surface area contributed by atoms with Gasteiger partial charge in [0, 0.05) is 6.54 Å². The lowest BCUT2D eigenvalue weighted by Crippen LogP contribution is -2.08. The van der Waals surface area contributed by atoms with E-state index < -0.39 is 0 Å². The molecule has 0 saturated heterocycles. The molecule has 0 atom stereocenters. The number of rotatable bonds is 5. The van der Waals surface area contributed by atoms with E-state index in [1.807, 2.05) is 48.5 Å². The Morgan fingerprint density at radius 3 is 2.41 bits per heavy atom. The van der Waals surface area contributed by atoms with Crippen LogP contribution in [0.2, 0.25) is 0 Å². The van der Waals surface area contributed by atoms with Crippen LogP contribution in [0.5, 0.6) is 5.75 Å². The number of imidazole rings is 1. The second-order valence-electron chi connectivity index (χ2n) is 7.03. The summed E-state index contributed by atoms with van der Waals surface area (Å²) in [5.74, 6) is 1.41. The average molecular weight is 382 g/mol. The summed E-state index contributed by atoms with van der Waals surface area (Å²) < 4.78 is 21.5. The standard InChI is InChI=1S/C25H19FN2O/c26-21-12-9-18(10-13-21)16-28-24-8-4-3-7-23(24)27-25(28)17-29-22-14-11-19-5-1-2-6-20(19)15-22/h1-15H,16-17H2. The van der Waals surface area contributed by atoms with Gasteiger partial charge in [0.25, 0.3) is 0 Å². The molecule has 4 aromatic carbocycles. The number of hydrogen-bond acceptors (Lipinski definition) is 2. The fraction of sp³-hybridized carbons (Fsp3) is 0.0800. The molecule has 29 heavy (non-hydrogen) atoms. The summed E-state index contributed by atoms with van der Waals surface area (Å²) in [7, 11) is 0. The zero-order chi connectivity index (χ0) is 19.6. The smallest absolute Gasteiger partial charge is 0.148 e. The van der Waals surface area contributed by atoms with Crippen LogP contribution in [-0.2, 0) is 13.2 Å². The highest BCUT2D eigenvalue weighted by atomic mass is 19.1. The molecule has 0 saturated carbocycles. The van der Waals surface area contributed by atoms with Gasteiger partial charge < -0.3 is 9.30 Å². The van der Waals surface area contributed by atoms with Crippen LogP contribution in [-0.4, -0.2) is 9.55 Å². The molecule has 0 spiro atoms. The van der Waals surface area contributed by atoms with Gasteiger partial charge in [-0.1, -0.05) is 54.6 Å². The summed E-state index contributed by atoms with van der Waals surface area (Å²) in [6.07, 6.45) is 0. The van der Waals surface area contributed by atoms with Crippen LogP contribution in [0.15, 0.2) is 91.0 Å². The molecule has 142 valence electrons. The molecule has 5 aromatic rings. The SMILES string of the molecule is Fc1ccc(Cn2c(COc3ccc4ccccc4c3)nc3ccccc32)cc1. The Kier molecular flexibility index (Phi) is 4.45. The van der Waals surface area contributed by atoms with Crippen molar-refractivity contribution >= 4 is 21.8 Å². The van der Waals surface area contributed by atoms with Gasteiger partial charge in [-0.3, -0.25) is 0 Å². The third-order valence-corrected chi connectivity index (χ3v) is 5.08. The van der Waals surface area contributed by atoms with Crippen molar-refractivity contribution in [2.24, 2.45) is 0 Å². The molecule has 0 aliphatic heterocycles. The van der Waals surface area contributed by atoms with E-state index in [2.05, 4.69) is 22.8 Å². The van der Waals surface area contributed by atoms with Gasteiger partial charge in [0.15, 0.2) is 0 Å². The van der Waals surface area contributed by atoms with E-state index in [9.17, 15) is 4.39 Å². The van der Waals surface area contributed by atoms with Crippen LogP contribution in [0.1, 0.15) is 11.4 Å². The number of aromatic nitrogens is 2. The molecule has 4 heteroatoms. The maximum Gasteiger partial charge on any atom is 0.148 e. The maximum atomic E-state index is 13.3. The van der Waals surface area contributed by atoms with Gasteiger partial charge in [0.2, 0.25) is 0 Å². The van der Waals surface area contributed by atoms with Gasteiger partial charge in [-0.15, -0.1) is 0 Å². The minimum atomic E-state index is -0.232. The van der Waals surface area contributed by atoms with Crippen LogP contribution in [0.4, 0.5) is 4.39 Å². The van der Waals surface area contributed by atoms with Crippen molar-refractivity contribution in [3.05, 3.63) is 108 Å². The number of ether oxygens (including phenoxy) is 1. The number of nitrogens with zero attached hydrogens (tertiary/aromatic N) is 2. The summed E-state index contributed by atoms with van der Waals surface area (Å²) in [5.41, 5.74) is 2.97. The Balaban J connectivity index is 1.46. The average Bonchev–Trinajstić information content (AvgIpc) is 3.11. The molecule has 3 nitrogen and oxygen atoms in total. The van der Waals surface area contributed by atoms with Gasteiger partial charge in [0.05, 0.1) is 11.0 Å². The molecule has 0 unspecified atom stereocenters. The molecule has 0 bridgehead atoms. The first-order valence-corrected chi connectivity index (χ1v) is 9.56. The highest BCUT2D eigenvalue weighted by molar-refractivity contribution is 5.83. The van der Waals surface area contributed by atoms with Gasteiger partial charge in [-0.25, -0.2) is 9.37 Å². The summed E-state index contributed by atoms with van der Waals surface area (Å²) >= 11 is 0. The molecule has 5 rings (SSSR count). The van der Waals surface area contributed by atoms with E-state index in [0.29, 0.717) is 13.2 Å². The molecular formula is C25H19FN2O. The minimum Gasteiger partial charge on any atom is -0.486 e.